The number of rotatable bonds is 0. The lowest BCUT2D eigenvalue weighted by Gasteiger charge is -2.05. The van der Waals surface area contributed by atoms with Crippen molar-refractivity contribution in [3.05, 3.63) is 28.8 Å². The summed E-state index contributed by atoms with van der Waals surface area (Å²) in [6.45, 7) is 0.415. The van der Waals surface area contributed by atoms with Crippen molar-refractivity contribution in [3.8, 4) is 0 Å². The molecule has 0 saturated carbocycles. The van der Waals surface area contributed by atoms with E-state index in [-0.39, 0.29) is 4.90 Å². The van der Waals surface area contributed by atoms with Gasteiger partial charge in [-0.15, -0.1) is 0 Å². The maximum Gasteiger partial charge on any atom is 0.244 e. The monoisotopic (exact) mass is 217 g/mol. The van der Waals surface area contributed by atoms with Gasteiger partial charge < -0.3 is 0 Å². The fourth-order valence-corrected chi connectivity index (χ4v) is 3.33. The number of hydrogen-bond donors (Lipinski definition) is 0. The molecule has 0 atom stereocenters. The molecular weight excluding hydrogens is 210 g/mol. The first-order valence-electron chi connectivity index (χ1n) is 3.77. The van der Waals surface area contributed by atoms with Crippen LogP contribution in [0.3, 0.4) is 0 Å². The van der Waals surface area contributed by atoms with Crippen molar-refractivity contribution >= 4 is 21.6 Å². The summed E-state index contributed by atoms with van der Waals surface area (Å²) in [6, 6.07) is 5.13. The summed E-state index contributed by atoms with van der Waals surface area (Å²) in [4.78, 5) is 0.263. The van der Waals surface area contributed by atoms with Crippen LogP contribution >= 0.6 is 11.6 Å². The number of hydrogen-bond acceptors (Lipinski definition) is 2. The molecule has 0 N–H and O–H groups in total. The van der Waals surface area contributed by atoms with Gasteiger partial charge in [0.15, 0.2) is 0 Å². The number of sulfonamides is 1. The van der Waals surface area contributed by atoms with E-state index in [1.807, 2.05) is 0 Å². The van der Waals surface area contributed by atoms with E-state index in [2.05, 4.69) is 0 Å². The molecule has 70 valence electrons. The summed E-state index contributed by atoms with van der Waals surface area (Å²) in [6.07, 6.45) is 0. The van der Waals surface area contributed by atoms with Gasteiger partial charge >= 0.3 is 0 Å². The first-order valence-corrected chi connectivity index (χ1v) is 5.59. The van der Waals surface area contributed by atoms with Gasteiger partial charge in [0.05, 0.1) is 5.02 Å². The minimum Gasteiger partial charge on any atom is -0.207 e. The number of benzene rings is 1. The van der Waals surface area contributed by atoms with Crippen LogP contribution in [-0.4, -0.2) is 19.8 Å². The maximum absolute atomic E-state index is 11.6. The zero-order valence-electron chi connectivity index (χ0n) is 6.99. The van der Waals surface area contributed by atoms with E-state index < -0.39 is 10.0 Å². The molecule has 1 aliphatic rings. The van der Waals surface area contributed by atoms with Crippen molar-refractivity contribution in [1.82, 2.24) is 4.31 Å². The van der Waals surface area contributed by atoms with Gasteiger partial charge in [-0.25, -0.2) is 8.42 Å². The summed E-state index contributed by atoms with van der Waals surface area (Å²) in [5.41, 5.74) is 0.773. The summed E-state index contributed by atoms with van der Waals surface area (Å²) < 4.78 is 24.6. The van der Waals surface area contributed by atoms with E-state index in [4.69, 9.17) is 11.6 Å². The van der Waals surface area contributed by atoms with E-state index in [1.54, 1.807) is 25.2 Å². The second-order valence-corrected chi connectivity index (χ2v) is 5.38. The van der Waals surface area contributed by atoms with Crippen LogP contribution in [0.15, 0.2) is 23.1 Å². The van der Waals surface area contributed by atoms with E-state index in [0.29, 0.717) is 11.6 Å². The molecule has 1 heterocycles. The smallest absolute Gasteiger partial charge is 0.207 e. The van der Waals surface area contributed by atoms with Crippen LogP contribution in [0.25, 0.3) is 0 Å². The Morgan fingerprint density at radius 2 is 2.15 bits per heavy atom. The normalized spacial score (nSPS) is 20.2. The second kappa shape index (κ2) is 2.70. The Balaban J connectivity index is 2.78. The molecule has 0 unspecified atom stereocenters. The Bertz CT molecular complexity index is 455. The minimum atomic E-state index is -3.31. The predicted molar refractivity (Wildman–Crippen MR) is 50.1 cm³/mol. The molecular formula is C8H8ClNO2S. The molecule has 0 amide bonds. The Morgan fingerprint density at radius 1 is 1.46 bits per heavy atom. The molecule has 1 aliphatic heterocycles. The highest BCUT2D eigenvalue weighted by atomic mass is 35.5. The average molecular weight is 218 g/mol. The van der Waals surface area contributed by atoms with Crippen molar-refractivity contribution in [2.75, 3.05) is 7.05 Å². The molecule has 13 heavy (non-hydrogen) atoms. The fourth-order valence-electron chi connectivity index (χ4n) is 1.45. The van der Waals surface area contributed by atoms with Crippen molar-refractivity contribution in [2.45, 2.75) is 11.4 Å². The lowest BCUT2D eigenvalue weighted by atomic mass is 10.2. The molecule has 2 rings (SSSR count). The lowest BCUT2D eigenvalue weighted by Crippen LogP contribution is -2.18. The maximum atomic E-state index is 11.6. The van der Waals surface area contributed by atoms with E-state index in [0.717, 1.165) is 5.56 Å². The molecule has 0 bridgehead atoms. The van der Waals surface area contributed by atoms with E-state index in [9.17, 15) is 8.42 Å². The van der Waals surface area contributed by atoms with Gasteiger partial charge in [-0.1, -0.05) is 23.7 Å². The molecule has 0 aromatic heterocycles. The molecule has 0 spiro atoms. The van der Waals surface area contributed by atoms with Crippen LogP contribution < -0.4 is 0 Å². The van der Waals surface area contributed by atoms with Crippen LogP contribution in [0.5, 0.6) is 0 Å². The summed E-state index contributed by atoms with van der Waals surface area (Å²) in [7, 11) is -1.77. The highest BCUT2D eigenvalue weighted by Gasteiger charge is 2.33. The quantitative estimate of drug-likeness (QED) is 0.660. The van der Waals surface area contributed by atoms with Gasteiger partial charge in [-0.3, -0.25) is 0 Å². The summed E-state index contributed by atoms with van der Waals surface area (Å²) >= 11 is 5.81. The van der Waals surface area contributed by atoms with Gasteiger partial charge in [0.2, 0.25) is 10.0 Å². The van der Waals surface area contributed by atoms with Crippen LogP contribution in [0.2, 0.25) is 5.02 Å². The molecule has 0 aliphatic carbocycles. The van der Waals surface area contributed by atoms with Crippen LogP contribution in [0, 0.1) is 0 Å². The lowest BCUT2D eigenvalue weighted by molar-refractivity contribution is 0.488. The van der Waals surface area contributed by atoms with Crippen molar-refractivity contribution in [1.29, 1.82) is 0 Å². The van der Waals surface area contributed by atoms with Gasteiger partial charge in [-0.05, 0) is 11.6 Å². The number of nitrogens with zero attached hydrogens (tertiary/aromatic N) is 1. The molecule has 0 radical (unpaired) electrons. The fraction of sp³-hybridized carbons (Fsp3) is 0.250. The molecule has 0 fully saturated rings. The van der Waals surface area contributed by atoms with E-state index in [1.165, 1.54) is 4.31 Å². The van der Waals surface area contributed by atoms with Crippen molar-refractivity contribution in [3.63, 3.8) is 0 Å². The standard InChI is InChI=1S/C8H8ClNO2S/c1-10-5-6-3-2-4-7(9)8(6)13(10,11)12/h2-4H,5H2,1H3. The SMILES string of the molecule is CN1Cc2cccc(Cl)c2S1(=O)=O. The zero-order valence-corrected chi connectivity index (χ0v) is 8.56. The Labute approximate surface area is 82.0 Å². The Kier molecular flexibility index (Phi) is 1.87. The summed E-state index contributed by atoms with van der Waals surface area (Å²) in [5, 5.41) is 0.307. The van der Waals surface area contributed by atoms with Crippen LogP contribution in [0.4, 0.5) is 0 Å². The predicted octanol–water partition coefficient (Wildman–Crippen LogP) is 1.47. The summed E-state index contributed by atoms with van der Waals surface area (Å²) in [5.74, 6) is 0. The third-order valence-corrected chi connectivity index (χ3v) is 4.48. The molecule has 5 heteroatoms. The van der Waals surface area contributed by atoms with Crippen molar-refractivity contribution < 1.29 is 8.42 Å². The third-order valence-electron chi connectivity index (χ3n) is 2.11. The van der Waals surface area contributed by atoms with Crippen LogP contribution in [-0.2, 0) is 16.6 Å². The second-order valence-electron chi connectivity index (χ2n) is 2.99. The molecule has 0 saturated heterocycles. The zero-order chi connectivity index (χ0) is 9.64. The van der Waals surface area contributed by atoms with E-state index >= 15 is 0 Å². The number of fused-ring (bicyclic) bond motifs is 1. The molecule has 1 aromatic carbocycles. The Morgan fingerprint density at radius 3 is 2.77 bits per heavy atom. The highest BCUT2D eigenvalue weighted by molar-refractivity contribution is 7.89. The van der Waals surface area contributed by atoms with Gasteiger partial charge in [0.1, 0.15) is 4.90 Å². The highest BCUT2D eigenvalue weighted by Crippen LogP contribution is 2.34. The first-order chi connectivity index (χ1) is 6.03. The molecule has 3 nitrogen and oxygen atoms in total. The third kappa shape index (κ3) is 1.17. The first kappa shape index (κ1) is 8.99. The average Bonchev–Trinajstić information content (AvgIpc) is 2.24. The van der Waals surface area contributed by atoms with Crippen molar-refractivity contribution in [2.24, 2.45) is 0 Å². The number of halogens is 1. The topological polar surface area (TPSA) is 37.4 Å². The Hall–Kier alpha value is -0.580. The van der Waals surface area contributed by atoms with Gasteiger partial charge in [0.25, 0.3) is 0 Å². The minimum absolute atomic E-state index is 0.263. The largest absolute Gasteiger partial charge is 0.244 e. The van der Waals surface area contributed by atoms with Gasteiger partial charge in [-0.2, -0.15) is 4.31 Å². The molecule has 1 aromatic rings. The van der Waals surface area contributed by atoms with Crippen LogP contribution in [0.1, 0.15) is 5.56 Å². The van der Waals surface area contributed by atoms with Gasteiger partial charge in [0, 0.05) is 13.6 Å².